The number of methoxy groups -OCH3 is 3. The Morgan fingerprint density at radius 2 is 1.33 bits per heavy atom. The molecule has 0 saturated heterocycles. The van der Waals surface area contributed by atoms with Crippen LogP contribution in [0.4, 0.5) is 0 Å². The summed E-state index contributed by atoms with van der Waals surface area (Å²) in [6.45, 7) is 0. The minimum atomic E-state index is -0.0718. The molecule has 0 N–H and O–H groups in total. The molecule has 0 radical (unpaired) electrons. The van der Waals surface area contributed by atoms with Crippen molar-refractivity contribution in [3.63, 3.8) is 0 Å². The number of aromatic nitrogens is 3. The predicted octanol–water partition coefficient (Wildman–Crippen LogP) is 3.00. The highest BCUT2D eigenvalue weighted by molar-refractivity contribution is 6.31. The molecular formula is C12H11Cl2N3O4. The van der Waals surface area contributed by atoms with Crippen molar-refractivity contribution in [2.24, 2.45) is 0 Å². The largest absolute Gasteiger partial charge is 0.493 e. The molecule has 0 aliphatic carbocycles. The molecule has 21 heavy (non-hydrogen) atoms. The summed E-state index contributed by atoms with van der Waals surface area (Å²) in [6, 6.07) is 3.13. The van der Waals surface area contributed by atoms with Crippen molar-refractivity contribution in [1.82, 2.24) is 15.0 Å². The first kappa shape index (κ1) is 15.4. The number of halogens is 2. The average molecular weight is 332 g/mol. The van der Waals surface area contributed by atoms with E-state index in [4.69, 9.17) is 42.1 Å². The summed E-state index contributed by atoms with van der Waals surface area (Å²) in [7, 11) is 4.50. The molecule has 2 aromatic rings. The average Bonchev–Trinajstić information content (AvgIpc) is 2.45. The van der Waals surface area contributed by atoms with Crippen LogP contribution in [-0.4, -0.2) is 36.3 Å². The molecule has 1 aromatic heterocycles. The van der Waals surface area contributed by atoms with Gasteiger partial charge in [0.25, 0.3) is 0 Å². The Kier molecular flexibility index (Phi) is 4.87. The van der Waals surface area contributed by atoms with Crippen molar-refractivity contribution >= 4 is 23.2 Å². The van der Waals surface area contributed by atoms with Gasteiger partial charge in [-0.15, -0.1) is 0 Å². The summed E-state index contributed by atoms with van der Waals surface area (Å²) in [6.07, 6.45) is 0. The van der Waals surface area contributed by atoms with Gasteiger partial charge in [0.05, 0.1) is 21.3 Å². The van der Waals surface area contributed by atoms with E-state index in [2.05, 4.69) is 15.0 Å². The van der Waals surface area contributed by atoms with E-state index in [-0.39, 0.29) is 16.6 Å². The summed E-state index contributed by atoms with van der Waals surface area (Å²) in [5.74, 6) is 1.66. The second-order valence-corrected chi connectivity index (χ2v) is 4.30. The molecule has 0 fully saturated rings. The lowest BCUT2D eigenvalue weighted by Crippen LogP contribution is -1.98. The standard InChI is InChI=1S/C12H11Cl2N3O4/c1-18-7-4-6(5-8(19-2)9(7)20-3)21-12-16-10(13)15-11(14)17-12/h4-5H,1-3H3. The zero-order chi connectivity index (χ0) is 15.4. The fraction of sp³-hybridized carbons (Fsp3) is 0.250. The topological polar surface area (TPSA) is 75.6 Å². The molecule has 1 aromatic carbocycles. The summed E-state index contributed by atoms with van der Waals surface area (Å²) in [5, 5.41) is -0.144. The number of benzene rings is 1. The van der Waals surface area contributed by atoms with Crippen LogP contribution in [0.1, 0.15) is 0 Å². The highest BCUT2D eigenvalue weighted by atomic mass is 35.5. The molecule has 9 heteroatoms. The van der Waals surface area contributed by atoms with Gasteiger partial charge in [0.2, 0.25) is 16.3 Å². The van der Waals surface area contributed by atoms with Gasteiger partial charge in [-0.25, -0.2) is 0 Å². The second-order valence-electron chi connectivity index (χ2n) is 3.62. The van der Waals surface area contributed by atoms with Gasteiger partial charge in [0.1, 0.15) is 5.75 Å². The smallest absolute Gasteiger partial charge is 0.327 e. The maximum Gasteiger partial charge on any atom is 0.327 e. The van der Waals surface area contributed by atoms with Crippen LogP contribution in [-0.2, 0) is 0 Å². The van der Waals surface area contributed by atoms with Crippen molar-refractivity contribution in [2.75, 3.05) is 21.3 Å². The molecule has 1 heterocycles. The number of rotatable bonds is 5. The van der Waals surface area contributed by atoms with Crippen molar-refractivity contribution in [2.45, 2.75) is 0 Å². The highest BCUT2D eigenvalue weighted by Gasteiger charge is 2.15. The Morgan fingerprint density at radius 1 is 0.810 bits per heavy atom. The van der Waals surface area contributed by atoms with Crippen molar-refractivity contribution < 1.29 is 18.9 Å². The number of hydrogen-bond acceptors (Lipinski definition) is 7. The molecular weight excluding hydrogens is 321 g/mol. The minimum absolute atomic E-state index is 0.0470. The summed E-state index contributed by atoms with van der Waals surface area (Å²) in [4.78, 5) is 11.2. The van der Waals surface area contributed by atoms with Crippen LogP contribution in [0.25, 0.3) is 0 Å². The first-order valence-electron chi connectivity index (χ1n) is 5.62. The lowest BCUT2D eigenvalue weighted by molar-refractivity contribution is 0.320. The van der Waals surface area contributed by atoms with Crippen LogP contribution >= 0.6 is 23.2 Å². The van der Waals surface area contributed by atoms with Crippen LogP contribution in [0.5, 0.6) is 29.0 Å². The Hall–Kier alpha value is -1.99. The van der Waals surface area contributed by atoms with Gasteiger partial charge in [-0.3, -0.25) is 0 Å². The molecule has 0 atom stereocenters. The lowest BCUT2D eigenvalue weighted by atomic mass is 10.2. The highest BCUT2D eigenvalue weighted by Crippen LogP contribution is 2.41. The first-order chi connectivity index (χ1) is 10.1. The third kappa shape index (κ3) is 3.56. The third-order valence-electron chi connectivity index (χ3n) is 2.41. The van der Waals surface area contributed by atoms with Crippen molar-refractivity contribution in [1.29, 1.82) is 0 Å². The maximum atomic E-state index is 5.69. The number of hydrogen-bond donors (Lipinski definition) is 0. The molecule has 0 bridgehead atoms. The molecule has 0 saturated carbocycles. The van der Waals surface area contributed by atoms with Gasteiger partial charge in [-0.2, -0.15) is 15.0 Å². The Labute approximate surface area is 130 Å². The van der Waals surface area contributed by atoms with Crippen LogP contribution < -0.4 is 18.9 Å². The maximum absolute atomic E-state index is 5.69. The van der Waals surface area contributed by atoms with Crippen molar-refractivity contribution in [3.05, 3.63) is 22.7 Å². The van der Waals surface area contributed by atoms with E-state index in [0.29, 0.717) is 23.0 Å². The summed E-state index contributed by atoms with van der Waals surface area (Å²) < 4.78 is 21.1. The second kappa shape index (κ2) is 6.64. The Bertz CT molecular complexity index is 609. The van der Waals surface area contributed by atoms with Gasteiger partial charge in [0.15, 0.2) is 11.5 Å². The Balaban J connectivity index is 2.40. The van der Waals surface area contributed by atoms with Crippen LogP contribution in [0.2, 0.25) is 10.6 Å². The number of nitrogens with zero attached hydrogens (tertiary/aromatic N) is 3. The molecule has 2 rings (SSSR count). The van der Waals surface area contributed by atoms with E-state index in [1.807, 2.05) is 0 Å². The van der Waals surface area contributed by atoms with E-state index in [1.54, 1.807) is 12.1 Å². The van der Waals surface area contributed by atoms with E-state index >= 15 is 0 Å². The fourth-order valence-electron chi connectivity index (χ4n) is 1.58. The van der Waals surface area contributed by atoms with Gasteiger partial charge < -0.3 is 18.9 Å². The Morgan fingerprint density at radius 3 is 1.76 bits per heavy atom. The molecule has 0 spiro atoms. The quantitative estimate of drug-likeness (QED) is 0.833. The lowest BCUT2D eigenvalue weighted by Gasteiger charge is -2.13. The van der Waals surface area contributed by atoms with E-state index < -0.39 is 0 Å². The van der Waals surface area contributed by atoms with E-state index in [0.717, 1.165) is 0 Å². The van der Waals surface area contributed by atoms with E-state index in [1.165, 1.54) is 21.3 Å². The van der Waals surface area contributed by atoms with Crippen LogP contribution in [0.3, 0.4) is 0 Å². The van der Waals surface area contributed by atoms with Crippen LogP contribution in [0.15, 0.2) is 12.1 Å². The monoisotopic (exact) mass is 331 g/mol. The zero-order valence-corrected chi connectivity index (χ0v) is 12.9. The molecule has 0 amide bonds. The molecule has 0 aliphatic heterocycles. The normalized spacial score (nSPS) is 10.1. The van der Waals surface area contributed by atoms with Gasteiger partial charge in [-0.1, -0.05) is 0 Å². The molecule has 7 nitrogen and oxygen atoms in total. The number of ether oxygens (including phenoxy) is 4. The van der Waals surface area contributed by atoms with Crippen LogP contribution in [0, 0.1) is 0 Å². The molecule has 0 unspecified atom stereocenters. The van der Waals surface area contributed by atoms with Gasteiger partial charge in [0, 0.05) is 12.1 Å². The van der Waals surface area contributed by atoms with Gasteiger partial charge >= 0.3 is 6.01 Å². The fourth-order valence-corrected chi connectivity index (χ4v) is 1.92. The predicted molar refractivity (Wildman–Crippen MR) is 76.0 cm³/mol. The zero-order valence-electron chi connectivity index (χ0n) is 11.4. The van der Waals surface area contributed by atoms with E-state index in [9.17, 15) is 0 Å². The van der Waals surface area contributed by atoms with Gasteiger partial charge in [-0.05, 0) is 23.2 Å². The third-order valence-corrected chi connectivity index (χ3v) is 2.75. The SMILES string of the molecule is COc1cc(Oc2nc(Cl)nc(Cl)n2)cc(OC)c1OC. The summed E-state index contributed by atoms with van der Waals surface area (Å²) in [5.41, 5.74) is 0. The first-order valence-corrected chi connectivity index (χ1v) is 6.38. The molecule has 0 aliphatic rings. The summed E-state index contributed by atoms with van der Waals surface area (Å²) >= 11 is 11.4. The van der Waals surface area contributed by atoms with Crippen molar-refractivity contribution in [3.8, 4) is 29.0 Å². The minimum Gasteiger partial charge on any atom is -0.493 e. The molecule has 112 valence electrons.